The van der Waals surface area contributed by atoms with Gasteiger partial charge in [0, 0.05) is 6.61 Å². The highest BCUT2D eigenvalue weighted by atomic mass is 16.5. The largest absolute Gasteiger partial charge is 0.392 e. The summed E-state index contributed by atoms with van der Waals surface area (Å²) in [6.07, 6.45) is -0.368. The lowest BCUT2D eigenvalue weighted by Gasteiger charge is -2.27. The van der Waals surface area contributed by atoms with Gasteiger partial charge in [0.2, 0.25) is 11.7 Å². The maximum Gasteiger partial charge on any atom is 0.229 e. The van der Waals surface area contributed by atoms with E-state index in [1.807, 2.05) is 27.7 Å². The average molecular weight is 284 g/mol. The fourth-order valence-corrected chi connectivity index (χ4v) is 1.81. The zero-order chi connectivity index (χ0) is 15.6. The van der Waals surface area contributed by atoms with E-state index in [0.29, 0.717) is 24.7 Å². The van der Waals surface area contributed by atoms with Crippen molar-refractivity contribution in [3.8, 4) is 0 Å². The van der Waals surface area contributed by atoms with Crippen molar-refractivity contribution in [2.75, 3.05) is 6.61 Å². The first-order valence-corrected chi connectivity index (χ1v) is 7.18. The van der Waals surface area contributed by atoms with Crippen LogP contribution in [0.25, 0.3) is 0 Å². The predicted octanol–water partition coefficient (Wildman–Crippen LogP) is 3.14. The van der Waals surface area contributed by atoms with Crippen LogP contribution in [0.2, 0.25) is 0 Å². The number of aliphatic hydroxyl groups excluding tert-OH is 1. The first-order valence-electron chi connectivity index (χ1n) is 7.18. The van der Waals surface area contributed by atoms with E-state index < -0.39 is 6.10 Å². The molecule has 20 heavy (non-hydrogen) atoms. The van der Waals surface area contributed by atoms with Crippen LogP contribution in [0, 0.1) is 10.8 Å². The van der Waals surface area contributed by atoms with Gasteiger partial charge >= 0.3 is 0 Å². The molecule has 1 aromatic rings. The molecule has 0 saturated carbocycles. The molecule has 0 bridgehead atoms. The van der Waals surface area contributed by atoms with Gasteiger partial charge in [-0.15, -0.1) is 0 Å². The van der Waals surface area contributed by atoms with Crippen LogP contribution in [0.5, 0.6) is 0 Å². The van der Waals surface area contributed by atoms with Crippen molar-refractivity contribution < 1.29 is 14.4 Å². The predicted molar refractivity (Wildman–Crippen MR) is 77.3 cm³/mol. The quantitative estimate of drug-likeness (QED) is 0.899. The van der Waals surface area contributed by atoms with Crippen LogP contribution < -0.4 is 0 Å². The van der Waals surface area contributed by atoms with Gasteiger partial charge in [0.05, 0.1) is 12.5 Å². The van der Waals surface area contributed by atoms with Crippen molar-refractivity contribution >= 4 is 0 Å². The van der Waals surface area contributed by atoms with E-state index in [9.17, 15) is 5.11 Å². The Balaban J connectivity index is 2.85. The molecule has 1 N–H and O–H groups in total. The molecule has 0 saturated heterocycles. The van der Waals surface area contributed by atoms with Gasteiger partial charge in [0.15, 0.2) is 0 Å². The van der Waals surface area contributed by atoms with Crippen molar-refractivity contribution in [2.24, 2.45) is 10.8 Å². The van der Waals surface area contributed by atoms with E-state index in [2.05, 4.69) is 30.9 Å². The Morgan fingerprint density at radius 3 is 2.20 bits per heavy atom. The maximum atomic E-state index is 10.1. The van der Waals surface area contributed by atoms with Crippen molar-refractivity contribution in [2.45, 2.75) is 67.1 Å². The summed E-state index contributed by atoms with van der Waals surface area (Å²) in [6, 6.07) is 0. The van der Waals surface area contributed by atoms with E-state index in [1.54, 1.807) is 0 Å². The molecule has 2 atom stereocenters. The first-order chi connectivity index (χ1) is 9.05. The topological polar surface area (TPSA) is 68.4 Å². The number of aromatic nitrogens is 2. The molecule has 0 aliphatic rings. The highest BCUT2D eigenvalue weighted by Gasteiger charge is 2.32. The summed E-state index contributed by atoms with van der Waals surface area (Å²) in [6.45, 7) is 14.7. The second kappa shape index (κ2) is 6.22. The molecular weight excluding hydrogens is 256 g/mol. The van der Waals surface area contributed by atoms with Crippen LogP contribution in [-0.2, 0) is 11.2 Å². The minimum atomic E-state index is -0.518. The molecule has 1 aromatic heterocycles. The highest BCUT2D eigenvalue weighted by molar-refractivity contribution is 4.98. The van der Waals surface area contributed by atoms with Gasteiger partial charge in [-0.3, -0.25) is 0 Å². The van der Waals surface area contributed by atoms with E-state index in [1.165, 1.54) is 0 Å². The van der Waals surface area contributed by atoms with Crippen LogP contribution in [0.15, 0.2) is 4.52 Å². The Hall–Kier alpha value is -0.940. The van der Waals surface area contributed by atoms with Crippen molar-refractivity contribution in [3.05, 3.63) is 11.7 Å². The molecule has 0 aliphatic heterocycles. The molecule has 0 spiro atoms. The van der Waals surface area contributed by atoms with Crippen LogP contribution >= 0.6 is 0 Å². The molecule has 5 heteroatoms. The third-order valence-electron chi connectivity index (χ3n) is 3.21. The summed E-state index contributed by atoms with van der Waals surface area (Å²) >= 11 is 0. The number of nitrogens with zero attached hydrogens (tertiary/aromatic N) is 2. The lowest BCUT2D eigenvalue weighted by molar-refractivity contribution is -0.0203. The number of rotatable bonds is 5. The van der Waals surface area contributed by atoms with Crippen LogP contribution in [-0.4, -0.2) is 28.0 Å². The summed E-state index contributed by atoms with van der Waals surface area (Å²) in [5.41, 5.74) is -0.322. The summed E-state index contributed by atoms with van der Waals surface area (Å²) in [5, 5.41) is 14.1. The molecule has 5 nitrogen and oxygen atoms in total. The van der Waals surface area contributed by atoms with E-state index >= 15 is 0 Å². The third-order valence-corrected chi connectivity index (χ3v) is 3.21. The Kier molecular flexibility index (Phi) is 5.33. The van der Waals surface area contributed by atoms with E-state index in [0.717, 1.165) is 0 Å². The number of hydrogen-bond acceptors (Lipinski definition) is 5. The molecule has 116 valence electrons. The van der Waals surface area contributed by atoms with Crippen molar-refractivity contribution in [3.63, 3.8) is 0 Å². The number of aliphatic hydroxyl groups is 1. The fraction of sp³-hybridized carbons (Fsp3) is 0.867. The Labute approximate surface area is 121 Å². The Morgan fingerprint density at radius 1 is 1.15 bits per heavy atom. The lowest BCUT2D eigenvalue weighted by atomic mass is 9.87. The Morgan fingerprint density at radius 2 is 1.75 bits per heavy atom. The van der Waals surface area contributed by atoms with E-state index in [4.69, 9.17) is 9.26 Å². The van der Waals surface area contributed by atoms with Gasteiger partial charge in [-0.05, 0) is 17.8 Å². The van der Waals surface area contributed by atoms with Gasteiger partial charge in [0.25, 0.3) is 0 Å². The number of ether oxygens (including phenoxy) is 1. The van der Waals surface area contributed by atoms with E-state index in [-0.39, 0.29) is 16.9 Å². The SMILES string of the molecule is CCOC(c1noc(CC(O)C(C)(C)C)n1)C(C)(C)C. The summed E-state index contributed by atoms with van der Waals surface area (Å²) in [5.74, 6) is 1.01. The standard InChI is InChI=1S/C15H28N2O3/c1-8-19-12(15(5,6)7)13-16-11(20-17-13)9-10(18)14(2,3)4/h10,12,18H,8-9H2,1-7H3. The van der Waals surface area contributed by atoms with Gasteiger partial charge in [-0.2, -0.15) is 4.98 Å². The molecular formula is C15H28N2O3. The van der Waals surface area contributed by atoms with Crippen molar-refractivity contribution in [1.82, 2.24) is 10.1 Å². The molecule has 1 heterocycles. The third kappa shape index (κ3) is 4.56. The fourth-order valence-electron chi connectivity index (χ4n) is 1.81. The monoisotopic (exact) mass is 284 g/mol. The van der Waals surface area contributed by atoms with Gasteiger partial charge in [0.1, 0.15) is 6.10 Å². The summed E-state index contributed by atoms with van der Waals surface area (Å²) in [4.78, 5) is 4.39. The van der Waals surface area contributed by atoms with Crippen LogP contribution in [0.4, 0.5) is 0 Å². The zero-order valence-corrected chi connectivity index (χ0v) is 13.7. The average Bonchev–Trinajstić information content (AvgIpc) is 2.71. The van der Waals surface area contributed by atoms with Gasteiger partial charge in [-0.25, -0.2) is 0 Å². The molecule has 0 aromatic carbocycles. The lowest BCUT2D eigenvalue weighted by Crippen LogP contribution is -2.28. The van der Waals surface area contributed by atoms with Crippen molar-refractivity contribution in [1.29, 1.82) is 0 Å². The minimum Gasteiger partial charge on any atom is -0.392 e. The summed E-state index contributed by atoms with van der Waals surface area (Å²) in [7, 11) is 0. The molecule has 1 rings (SSSR count). The summed E-state index contributed by atoms with van der Waals surface area (Å²) < 4.78 is 11.0. The smallest absolute Gasteiger partial charge is 0.229 e. The maximum absolute atomic E-state index is 10.1. The van der Waals surface area contributed by atoms with Crippen LogP contribution in [0.3, 0.4) is 0 Å². The Bertz CT molecular complexity index is 415. The molecule has 0 radical (unpaired) electrons. The normalized spacial score (nSPS) is 16.2. The minimum absolute atomic E-state index is 0.111. The highest BCUT2D eigenvalue weighted by Crippen LogP contribution is 2.34. The second-order valence-electron chi connectivity index (χ2n) is 7.33. The zero-order valence-electron chi connectivity index (χ0n) is 13.7. The van der Waals surface area contributed by atoms with Gasteiger partial charge < -0.3 is 14.4 Å². The van der Waals surface area contributed by atoms with Gasteiger partial charge in [-0.1, -0.05) is 46.7 Å². The molecule has 0 fully saturated rings. The molecule has 2 unspecified atom stereocenters. The van der Waals surface area contributed by atoms with Crippen LogP contribution in [0.1, 0.15) is 66.3 Å². The second-order valence-corrected chi connectivity index (χ2v) is 7.33. The number of hydrogen-bond donors (Lipinski definition) is 1. The first kappa shape index (κ1) is 17.1. The molecule has 0 amide bonds. The molecule has 0 aliphatic carbocycles.